The minimum absolute atomic E-state index is 0.0463. The van der Waals surface area contributed by atoms with Crippen molar-refractivity contribution in [3.05, 3.63) is 46.2 Å². The predicted octanol–water partition coefficient (Wildman–Crippen LogP) is 2.01. The van der Waals surface area contributed by atoms with Crippen LogP contribution in [-0.2, 0) is 11.3 Å². The summed E-state index contributed by atoms with van der Waals surface area (Å²) >= 11 is 3.18. The van der Waals surface area contributed by atoms with Crippen LogP contribution in [0.1, 0.15) is 16.2 Å². The first-order valence-electron chi connectivity index (χ1n) is 5.02. The molecule has 7 heteroatoms. The Morgan fingerprint density at radius 3 is 3.00 bits per heavy atom. The summed E-state index contributed by atoms with van der Waals surface area (Å²) in [4.78, 5) is 14.9. The Kier molecular flexibility index (Phi) is 3.71. The van der Waals surface area contributed by atoms with Crippen LogP contribution in [0.2, 0.25) is 0 Å². The Balaban J connectivity index is 2.18. The molecule has 94 valence electrons. The molecule has 1 aromatic heterocycles. The molecule has 0 saturated carbocycles. The van der Waals surface area contributed by atoms with Gasteiger partial charge in [0.1, 0.15) is 12.1 Å². The predicted molar refractivity (Wildman–Crippen MR) is 64.6 cm³/mol. The Morgan fingerprint density at radius 1 is 1.56 bits per heavy atom. The number of halogens is 2. The summed E-state index contributed by atoms with van der Waals surface area (Å²) in [6.45, 7) is 0.198. The zero-order valence-corrected chi connectivity index (χ0v) is 11.0. The summed E-state index contributed by atoms with van der Waals surface area (Å²) in [7, 11) is 1.25. The molecule has 0 fully saturated rings. The molecule has 2 rings (SSSR count). The van der Waals surface area contributed by atoms with E-state index in [1.54, 1.807) is 12.1 Å². The van der Waals surface area contributed by atoms with Crippen molar-refractivity contribution in [2.75, 3.05) is 7.11 Å². The number of carbonyl (C=O) groups excluding carboxylic acids is 1. The number of benzene rings is 1. The number of carbonyl (C=O) groups is 1. The minimum Gasteiger partial charge on any atom is -0.463 e. The van der Waals surface area contributed by atoms with E-state index in [-0.39, 0.29) is 18.2 Å². The zero-order valence-electron chi connectivity index (χ0n) is 9.43. The summed E-state index contributed by atoms with van der Waals surface area (Å²) in [5.74, 6) is -1.01. The van der Waals surface area contributed by atoms with Crippen molar-refractivity contribution in [2.24, 2.45) is 0 Å². The molecule has 0 aliphatic heterocycles. The lowest BCUT2D eigenvalue weighted by Crippen LogP contribution is -2.07. The third-order valence-electron chi connectivity index (χ3n) is 2.25. The van der Waals surface area contributed by atoms with Gasteiger partial charge in [-0.15, -0.1) is 5.10 Å². The van der Waals surface area contributed by atoms with Gasteiger partial charge in [0, 0.05) is 10.0 Å². The zero-order chi connectivity index (χ0) is 13.1. The molecule has 0 N–H and O–H groups in total. The maximum Gasteiger partial charge on any atom is 0.377 e. The average Bonchev–Trinajstić information content (AvgIpc) is 2.80. The van der Waals surface area contributed by atoms with Crippen molar-refractivity contribution in [3.8, 4) is 0 Å². The van der Waals surface area contributed by atoms with Gasteiger partial charge in [-0.1, -0.05) is 22.0 Å². The first kappa shape index (κ1) is 12.7. The molecular weight excluding hydrogens is 305 g/mol. The molecule has 0 spiro atoms. The molecule has 0 unspecified atom stereocenters. The van der Waals surface area contributed by atoms with Gasteiger partial charge in [-0.25, -0.2) is 18.9 Å². The SMILES string of the molecule is COC(=O)c1ncn(Cc2ccc(Br)cc2F)n1. The van der Waals surface area contributed by atoms with Crippen LogP contribution in [0.3, 0.4) is 0 Å². The number of hydrogen-bond donors (Lipinski definition) is 0. The van der Waals surface area contributed by atoms with Crippen LogP contribution in [0.15, 0.2) is 29.0 Å². The maximum atomic E-state index is 13.6. The fourth-order valence-electron chi connectivity index (χ4n) is 1.38. The molecule has 0 atom stereocenters. The van der Waals surface area contributed by atoms with Crippen molar-refractivity contribution in [3.63, 3.8) is 0 Å². The monoisotopic (exact) mass is 313 g/mol. The van der Waals surface area contributed by atoms with Gasteiger partial charge in [0.15, 0.2) is 0 Å². The average molecular weight is 314 g/mol. The molecule has 0 aliphatic rings. The van der Waals surface area contributed by atoms with Gasteiger partial charge in [-0.05, 0) is 12.1 Å². The molecule has 1 heterocycles. The standard InChI is InChI=1S/C11H9BrFN3O2/c1-18-11(17)10-14-6-16(15-10)5-7-2-3-8(12)4-9(7)13/h2-4,6H,5H2,1H3. The Morgan fingerprint density at radius 2 is 2.33 bits per heavy atom. The van der Waals surface area contributed by atoms with Gasteiger partial charge in [0.2, 0.25) is 0 Å². The molecule has 1 aromatic carbocycles. The number of ether oxygens (including phenoxy) is 1. The normalized spacial score (nSPS) is 10.4. The van der Waals surface area contributed by atoms with Gasteiger partial charge >= 0.3 is 5.97 Å². The van der Waals surface area contributed by atoms with E-state index in [2.05, 4.69) is 30.7 Å². The van der Waals surface area contributed by atoms with E-state index in [0.717, 1.165) is 0 Å². The first-order valence-corrected chi connectivity index (χ1v) is 5.81. The van der Waals surface area contributed by atoms with Crippen LogP contribution in [0.5, 0.6) is 0 Å². The third kappa shape index (κ3) is 2.73. The van der Waals surface area contributed by atoms with E-state index in [4.69, 9.17) is 0 Å². The smallest absolute Gasteiger partial charge is 0.377 e. The molecule has 0 saturated heterocycles. The van der Waals surface area contributed by atoms with Crippen molar-refractivity contribution in [1.82, 2.24) is 14.8 Å². The molecule has 0 amide bonds. The Hall–Kier alpha value is -1.76. The second-order valence-electron chi connectivity index (χ2n) is 3.49. The second-order valence-corrected chi connectivity index (χ2v) is 4.41. The lowest BCUT2D eigenvalue weighted by atomic mass is 10.2. The van der Waals surface area contributed by atoms with Crippen LogP contribution in [-0.4, -0.2) is 27.8 Å². The van der Waals surface area contributed by atoms with Crippen molar-refractivity contribution in [2.45, 2.75) is 6.54 Å². The van der Waals surface area contributed by atoms with Crippen LogP contribution in [0.4, 0.5) is 4.39 Å². The largest absolute Gasteiger partial charge is 0.463 e. The Bertz CT molecular complexity index is 585. The van der Waals surface area contributed by atoms with Gasteiger partial charge in [0.05, 0.1) is 13.7 Å². The molecule has 0 bridgehead atoms. The van der Waals surface area contributed by atoms with Gasteiger partial charge in [0.25, 0.3) is 5.82 Å². The van der Waals surface area contributed by atoms with E-state index in [1.807, 2.05) is 0 Å². The fourth-order valence-corrected chi connectivity index (χ4v) is 1.71. The summed E-state index contributed by atoms with van der Waals surface area (Å²) in [6, 6.07) is 4.74. The Labute approximate surface area is 111 Å². The van der Waals surface area contributed by atoms with E-state index in [9.17, 15) is 9.18 Å². The highest BCUT2D eigenvalue weighted by molar-refractivity contribution is 9.10. The van der Waals surface area contributed by atoms with Crippen LogP contribution in [0, 0.1) is 5.82 Å². The van der Waals surface area contributed by atoms with E-state index in [0.29, 0.717) is 10.0 Å². The second kappa shape index (κ2) is 5.26. The van der Waals surface area contributed by atoms with Gasteiger partial charge in [-0.3, -0.25) is 0 Å². The van der Waals surface area contributed by atoms with E-state index in [1.165, 1.54) is 24.2 Å². The number of aromatic nitrogens is 3. The molecule has 5 nitrogen and oxygen atoms in total. The van der Waals surface area contributed by atoms with Crippen LogP contribution >= 0.6 is 15.9 Å². The molecule has 18 heavy (non-hydrogen) atoms. The van der Waals surface area contributed by atoms with Crippen LogP contribution in [0.25, 0.3) is 0 Å². The summed E-state index contributed by atoms with van der Waals surface area (Å²) in [5, 5.41) is 3.89. The topological polar surface area (TPSA) is 57.0 Å². The third-order valence-corrected chi connectivity index (χ3v) is 2.75. The van der Waals surface area contributed by atoms with Gasteiger partial charge in [-0.2, -0.15) is 0 Å². The molecule has 2 aromatic rings. The quantitative estimate of drug-likeness (QED) is 0.813. The summed E-state index contributed by atoms with van der Waals surface area (Å²) < 4.78 is 20.1. The molecule has 0 radical (unpaired) electrons. The van der Waals surface area contributed by atoms with Crippen LogP contribution < -0.4 is 0 Å². The number of esters is 1. The summed E-state index contributed by atoms with van der Waals surface area (Å²) in [5.41, 5.74) is 0.458. The summed E-state index contributed by atoms with van der Waals surface area (Å²) in [6.07, 6.45) is 1.35. The lowest BCUT2D eigenvalue weighted by molar-refractivity contribution is 0.0586. The van der Waals surface area contributed by atoms with Crippen molar-refractivity contribution >= 4 is 21.9 Å². The number of nitrogens with zero attached hydrogens (tertiary/aromatic N) is 3. The van der Waals surface area contributed by atoms with Gasteiger partial charge < -0.3 is 4.74 Å². The highest BCUT2D eigenvalue weighted by Crippen LogP contribution is 2.15. The fraction of sp³-hybridized carbons (Fsp3) is 0.182. The van der Waals surface area contributed by atoms with Crippen molar-refractivity contribution in [1.29, 1.82) is 0 Å². The van der Waals surface area contributed by atoms with E-state index < -0.39 is 5.97 Å². The molecular formula is C11H9BrFN3O2. The highest BCUT2D eigenvalue weighted by atomic mass is 79.9. The first-order chi connectivity index (χ1) is 8.60. The molecule has 0 aliphatic carbocycles. The maximum absolute atomic E-state index is 13.6. The number of rotatable bonds is 3. The number of methoxy groups -OCH3 is 1. The highest BCUT2D eigenvalue weighted by Gasteiger charge is 2.12. The van der Waals surface area contributed by atoms with E-state index >= 15 is 0 Å². The lowest BCUT2D eigenvalue weighted by Gasteiger charge is -2.03. The van der Waals surface area contributed by atoms with Crippen molar-refractivity contribution < 1.29 is 13.9 Å². The number of hydrogen-bond acceptors (Lipinski definition) is 4. The minimum atomic E-state index is -0.620.